The van der Waals surface area contributed by atoms with E-state index in [1.807, 2.05) is 12.1 Å². The van der Waals surface area contributed by atoms with E-state index in [0.29, 0.717) is 5.92 Å². The lowest BCUT2D eigenvalue weighted by atomic mass is 9.86. The minimum Gasteiger partial charge on any atom is -0.126 e. The summed E-state index contributed by atoms with van der Waals surface area (Å²) in [5.74, 6) is 0.437. The third kappa shape index (κ3) is 2.78. The Labute approximate surface area is 134 Å². The van der Waals surface area contributed by atoms with Crippen molar-refractivity contribution in [2.24, 2.45) is 5.92 Å². The Bertz CT molecular complexity index is 538. The zero-order valence-electron chi connectivity index (χ0n) is 10.9. The lowest BCUT2D eigenvalue weighted by Gasteiger charge is -2.20. The molecule has 0 aromatic heterocycles. The van der Waals surface area contributed by atoms with Crippen molar-refractivity contribution in [3.8, 4) is 0 Å². The van der Waals surface area contributed by atoms with Crippen LogP contribution in [0.15, 0.2) is 60.7 Å². The summed E-state index contributed by atoms with van der Waals surface area (Å²) in [5, 5.41) is 0. The summed E-state index contributed by atoms with van der Waals surface area (Å²) in [7, 11) is 0. The normalized spacial score (nSPS) is 20.6. The van der Waals surface area contributed by atoms with Gasteiger partial charge in [-0.1, -0.05) is 60.7 Å². The fourth-order valence-electron chi connectivity index (χ4n) is 3.20. The first-order valence-corrected chi connectivity index (χ1v) is 11.9. The molecular formula is C16H15Cl3Si. The summed E-state index contributed by atoms with van der Waals surface area (Å²) in [4.78, 5) is 0. The zero-order chi connectivity index (χ0) is 14.2. The Balaban J connectivity index is 1.99. The second-order valence-electron chi connectivity index (χ2n) is 5.42. The van der Waals surface area contributed by atoms with E-state index in [4.69, 9.17) is 33.2 Å². The van der Waals surface area contributed by atoms with Gasteiger partial charge in [0.15, 0.2) is 0 Å². The van der Waals surface area contributed by atoms with E-state index in [9.17, 15) is 0 Å². The average molecular weight is 342 g/mol. The highest BCUT2D eigenvalue weighted by Gasteiger charge is 2.58. The summed E-state index contributed by atoms with van der Waals surface area (Å²) in [6, 6.07) is 19.3. The Morgan fingerprint density at radius 2 is 1.30 bits per heavy atom. The maximum atomic E-state index is 6.14. The van der Waals surface area contributed by atoms with Gasteiger partial charge in [-0.25, -0.2) is 0 Å². The highest BCUT2D eigenvalue weighted by molar-refractivity contribution is 7.64. The van der Waals surface area contributed by atoms with Crippen LogP contribution in [0.4, 0.5) is 0 Å². The van der Waals surface area contributed by atoms with Crippen molar-refractivity contribution in [2.75, 3.05) is 0 Å². The minimum atomic E-state index is -2.60. The summed E-state index contributed by atoms with van der Waals surface area (Å²) < 4.78 is 0. The topological polar surface area (TPSA) is 0 Å². The van der Waals surface area contributed by atoms with Gasteiger partial charge >= 0.3 is 6.00 Å². The largest absolute Gasteiger partial charge is 0.341 e. The lowest BCUT2D eigenvalue weighted by molar-refractivity contribution is 0.746. The molecule has 1 aliphatic carbocycles. The van der Waals surface area contributed by atoms with Gasteiger partial charge in [-0.2, -0.15) is 0 Å². The van der Waals surface area contributed by atoms with Crippen molar-refractivity contribution in [1.29, 1.82) is 0 Å². The summed E-state index contributed by atoms with van der Waals surface area (Å²) in [5.41, 5.74) is 2.71. The van der Waals surface area contributed by atoms with Crippen LogP contribution in [0.2, 0.25) is 6.04 Å². The van der Waals surface area contributed by atoms with E-state index < -0.39 is 6.00 Å². The Hall–Kier alpha value is -0.473. The Kier molecular flexibility index (Phi) is 3.89. The van der Waals surface area contributed by atoms with Crippen LogP contribution in [0, 0.1) is 5.92 Å². The predicted octanol–water partition coefficient (Wildman–Crippen LogP) is 5.65. The highest BCUT2D eigenvalue weighted by atomic mass is 35.8. The van der Waals surface area contributed by atoms with Gasteiger partial charge in [0.2, 0.25) is 0 Å². The van der Waals surface area contributed by atoms with E-state index in [-0.39, 0.29) is 5.41 Å². The summed E-state index contributed by atoms with van der Waals surface area (Å²) in [6.45, 7) is 0. The maximum absolute atomic E-state index is 6.14. The zero-order valence-corrected chi connectivity index (χ0v) is 14.2. The van der Waals surface area contributed by atoms with Crippen LogP contribution in [-0.2, 0) is 5.41 Å². The molecule has 0 amide bonds. The van der Waals surface area contributed by atoms with Crippen molar-refractivity contribution in [3.63, 3.8) is 0 Å². The molecule has 2 aromatic rings. The van der Waals surface area contributed by atoms with Crippen LogP contribution >= 0.6 is 33.2 Å². The van der Waals surface area contributed by atoms with Crippen molar-refractivity contribution in [2.45, 2.75) is 17.9 Å². The molecule has 0 spiro atoms. The molecule has 1 saturated carbocycles. The lowest BCUT2D eigenvalue weighted by Crippen LogP contribution is -2.17. The molecule has 2 aromatic carbocycles. The van der Waals surface area contributed by atoms with Crippen LogP contribution in [0.25, 0.3) is 0 Å². The molecule has 0 aliphatic heterocycles. The fourth-order valence-corrected chi connectivity index (χ4v) is 5.93. The Morgan fingerprint density at radius 1 is 0.850 bits per heavy atom. The predicted molar refractivity (Wildman–Crippen MR) is 89.9 cm³/mol. The minimum absolute atomic E-state index is 0.0411. The molecule has 104 valence electrons. The number of benzene rings is 2. The molecule has 1 fully saturated rings. The van der Waals surface area contributed by atoms with Crippen LogP contribution < -0.4 is 0 Å². The van der Waals surface area contributed by atoms with Crippen molar-refractivity contribution in [1.82, 2.24) is 0 Å². The van der Waals surface area contributed by atoms with Gasteiger partial charge in [-0.15, -0.1) is 33.2 Å². The van der Waals surface area contributed by atoms with Gasteiger partial charge in [0.1, 0.15) is 0 Å². The molecule has 0 N–H and O–H groups in total. The van der Waals surface area contributed by atoms with E-state index in [1.54, 1.807) is 0 Å². The number of halogens is 3. The third-order valence-electron chi connectivity index (χ3n) is 4.16. The van der Waals surface area contributed by atoms with Crippen LogP contribution in [-0.4, -0.2) is 6.00 Å². The molecule has 4 heteroatoms. The molecule has 1 aliphatic rings. The third-order valence-corrected chi connectivity index (χ3v) is 6.51. The molecule has 20 heavy (non-hydrogen) atoms. The summed E-state index contributed by atoms with van der Waals surface area (Å²) in [6.07, 6.45) is 1.07. The van der Waals surface area contributed by atoms with Gasteiger partial charge in [-0.05, 0) is 29.5 Å². The van der Waals surface area contributed by atoms with Crippen molar-refractivity contribution >= 4 is 39.2 Å². The summed E-state index contributed by atoms with van der Waals surface area (Å²) >= 11 is 18.4. The van der Waals surface area contributed by atoms with Crippen molar-refractivity contribution < 1.29 is 0 Å². The highest BCUT2D eigenvalue weighted by Crippen LogP contribution is 2.62. The molecular weight excluding hydrogens is 327 g/mol. The average Bonchev–Trinajstić information content (AvgIpc) is 3.14. The molecule has 0 bridgehead atoms. The van der Waals surface area contributed by atoms with Gasteiger partial charge < -0.3 is 0 Å². The van der Waals surface area contributed by atoms with Gasteiger partial charge in [0, 0.05) is 5.41 Å². The van der Waals surface area contributed by atoms with Crippen LogP contribution in [0.1, 0.15) is 17.5 Å². The van der Waals surface area contributed by atoms with Crippen LogP contribution in [0.3, 0.4) is 0 Å². The molecule has 1 unspecified atom stereocenters. The van der Waals surface area contributed by atoms with E-state index in [2.05, 4.69) is 48.5 Å². The Morgan fingerprint density at radius 3 is 1.70 bits per heavy atom. The molecule has 1 atom stereocenters. The van der Waals surface area contributed by atoms with Gasteiger partial charge in [-0.3, -0.25) is 0 Å². The standard InChI is InChI=1S/C16H15Cl3Si/c17-20(18,19)12-15-11-16(15,13-7-3-1-4-8-13)14-9-5-2-6-10-14/h1-10,15H,11-12H2. The first-order valence-electron chi connectivity index (χ1n) is 6.70. The molecule has 0 heterocycles. The fraction of sp³-hybridized carbons (Fsp3) is 0.250. The molecule has 0 saturated heterocycles. The quantitative estimate of drug-likeness (QED) is 0.498. The van der Waals surface area contributed by atoms with E-state index in [1.165, 1.54) is 11.1 Å². The second-order valence-corrected chi connectivity index (χ2v) is 14.6. The number of hydrogen-bond acceptors (Lipinski definition) is 0. The number of hydrogen-bond donors (Lipinski definition) is 0. The maximum Gasteiger partial charge on any atom is 0.341 e. The first kappa shape index (κ1) is 14.5. The van der Waals surface area contributed by atoms with E-state index in [0.717, 1.165) is 12.5 Å². The van der Waals surface area contributed by atoms with Gasteiger partial charge in [0.25, 0.3) is 0 Å². The van der Waals surface area contributed by atoms with E-state index >= 15 is 0 Å². The van der Waals surface area contributed by atoms with Crippen molar-refractivity contribution in [3.05, 3.63) is 71.8 Å². The number of rotatable bonds is 4. The van der Waals surface area contributed by atoms with Crippen LogP contribution in [0.5, 0.6) is 0 Å². The SMILES string of the molecule is Cl[Si](Cl)(Cl)CC1CC1(c1ccccc1)c1ccccc1. The van der Waals surface area contributed by atoms with Gasteiger partial charge in [0.05, 0.1) is 0 Å². The smallest absolute Gasteiger partial charge is 0.126 e. The molecule has 3 rings (SSSR count). The second kappa shape index (κ2) is 5.38. The first-order chi connectivity index (χ1) is 9.52. The monoisotopic (exact) mass is 340 g/mol. The molecule has 0 radical (unpaired) electrons. The molecule has 0 nitrogen and oxygen atoms in total.